The van der Waals surface area contributed by atoms with Crippen molar-refractivity contribution in [3.05, 3.63) is 28.3 Å². The summed E-state index contributed by atoms with van der Waals surface area (Å²) < 4.78 is 29.3. The Hall–Kier alpha value is -1.55. The molecular formula is C18H23ClN2O5S2. The average Bonchev–Trinajstić information content (AvgIpc) is 3.47. The lowest BCUT2D eigenvalue weighted by Gasteiger charge is -2.16. The number of ether oxygens (including phenoxy) is 1. The largest absolute Gasteiger partial charge is 0.506 e. The fourth-order valence-electron chi connectivity index (χ4n) is 2.57. The minimum absolute atomic E-state index is 0.0199. The maximum atomic E-state index is 12.3. The number of aliphatic hydroxyl groups is 1. The third-order valence-corrected chi connectivity index (χ3v) is 7.05. The molecule has 1 amide bonds. The summed E-state index contributed by atoms with van der Waals surface area (Å²) in [5, 5.41) is 21.5. The van der Waals surface area contributed by atoms with Crippen molar-refractivity contribution in [1.29, 1.82) is 5.41 Å². The molecule has 0 heterocycles. The van der Waals surface area contributed by atoms with Crippen molar-refractivity contribution in [2.45, 2.75) is 22.6 Å². The van der Waals surface area contributed by atoms with Gasteiger partial charge in [0, 0.05) is 42.5 Å². The van der Waals surface area contributed by atoms with E-state index in [1.807, 2.05) is 0 Å². The summed E-state index contributed by atoms with van der Waals surface area (Å²) in [7, 11) is -0.618. The van der Waals surface area contributed by atoms with E-state index < -0.39 is 21.5 Å². The Morgan fingerprint density at radius 1 is 1.43 bits per heavy atom. The van der Waals surface area contributed by atoms with Crippen molar-refractivity contribution in [1.82, 2.24) is 5.32 Å². The number of likely N-dealkylation sites (N-methyl/N-ethyl adjacent to an activating group) is 1. The fourth-order valence-corrected chi connectivity index (χ4v) is 5.33. The van der Waals surface area contributed by atoms with Crippen LogP contribution >= 0.6 is 23.4 Å². The van der Waals surface area contributed by atoms with Crippen molar-refractivity contribution in [2.75, 3.05) is 32.8 Å². The normalized spacial score (nSPS) is 15.1. The molecular weight excluding hydrogens is 424 g/mol. The van der Waals surface area contributed by atoms with Gasteiger partial charge in [-0.2, -0.15) is 0 Å². The number of methoxy groups -OCH3 is 1. The SMILES string of the molecule is CNC(=O)C(C(=N)C1CC1)=C(O)c1ccc(S(C)(=O)=O)c(SCCOC)c1Cl. The van der Waals surface area contributed by atoms with E-state index in [4.69, 9.17) is 21.7 Å². The number of halogens is 1. The van der Waals surface area contributed by atoms with Crippen molar-refractivity contribution in [3.8, 4) is 0 Å². The first-order valence-corrected chi connectivity index (χ1v) is 11.8. The first-order valence-electron chi connectivity index (χ1n) is 8.52. The zero-order valence-electron chi connectivity index (χ0n) is 15.8. The van der Waals surface area contributed by atoms with Crippen LogP contribution in [0.2, 0.25) is 5.02 Å². The van der Waals surface area contributed by atoms with Gasteiger partial charge in [0.15, 0.2) is 9.84 Å². The van der Waals surface area contributed by atoms with E-state index >= 15 is 0 Å². The zero-order chi connectivity index (χ0) is 21.1. The van der Waals surface area contributed by atoms with Crippen LogP contribution in [0.1, 0.15) is 18.4 Å². The number of sulfone groups is 1. The highest BCUT2D eigenvalue weighted by Gasteiger charge is 2.34. The van der Waals surface area contributed by atoms with Crippen LogP contribution in [0.15, 0.2) is 27.5 Å². The third-order valence-electron chi connectivity index (χ3n) is 4.20. The maximum absolute atomic E-state index is 12.3. The second-order valence-electron chi connectivity index (χ2n) is 6.36. The van der Waals surface area contributed by atoms with Gasteiger partial charge in [0.25, 0.3) is 5.91 Å². The summed E-state index contributed by atoms with van der Waals surface area (Å²) in [6.07, 6.45) is 2.64. The van der Waals surface area contributed by atoms with Crippen molar-refractivity contribution >= 4 is 50.6 Å². The van der Waals surface area contributed by atoms with Crippen LogP contribution in [0.5, 0.6) is 0 Å². The van der Waals surface area contributed by atoms with Crippen molar-refractivity contribution in [3.63, 3.8) is 0 Å². The quantitative estimate of drug-likeness (QED) is 0.176. The van der Waals surface area contributed by atoms with Gasteiger partial charge >= 0.3 is 0 Å². The maximum Gasteiger partial charge on any atom is 0.256 e. The average molecular weight is 447 g/mol. The molecule has 28 heavy (non-hydrogen) atoms. The second kappa shape index (κ2) is 9.30. The molecule has 0 spiro atoms. The Bertz CT molecular complexity index is 924. The van der Waals surface area contributed by atoms with E-state index in [-0.39, 0.29) is 37.6 Å². The van der Waals surface area contributed by atoms with Crippen LogP contribution in [0.3, 0.4) is 0 Å². The highest BCUT2D eigenvalue weighted by molar-refractivity contribution is 8.00. The molecule has 0 radical (unpaired) electrons. The molecule has 1 aliphatic carbocycles. The smallest absolute Gasteiger partial charge is 0.256 e. The van der Waals surface area contributed by atoms with Gasteiger partial charge in [-0.25, -0.2) is 8.42 Å². The number of aliphatic hydroxyl groups excluding tert-OH is 1. The van der Waals surface area contributed by atoms with Crippen LogP contribution in [0, 0.1) is 11.3 Å². The van der Waals surface area contributed by atoms with E-state index in [1.54, 1.807) is 0 Å². The lowest BCUT2D eigenvalue weighted by atomic mass is 10.0. The van der Waals surface area contributed by atoms with Gasteiger partial charge in [-0.05, 0) is 25.0 Å². The predicted octanol–water partition coefficient (Wildman–Crippen LogP) is 2.93. The highest BCUT2D eigenvalue weighted by Crippen LogP contribution is 2.40. The molecule has 0 aliphatic heterocycles. The topological polar surface area (TPSA) is 117 Å². The Kier molecular flexibility index (Phi) is 7.55. The van der Waals surface area contributed by atoms with Gasteiger partial charge in [-0.1, -0.05) is 11.6 Å². The molecule has 1 aromatic carbocycles. The first kappa shape index (κ1) is 22.7. The van der Waals surface area contributed by atoms with E-state index in [9.17, 15) is 18.3 Å². The highest BCUT2D eigenvalue weighted by atomic mass is 35.5. The molecule has 1 aliphatic rings. The standard InChI is InChI=1S/C18H23ClN2O5S2/c1-21-18(23)13(15(20)10-4-5-10)16(22)11-6-7-12(28(3,24)25)17(14(11)19)27-9-8-26-2/h6-7,10,20,22H,4-5,8-9H2,1-3H3,(H,21,23). The molecule has 2 rings (SSSR count). The molecule has 7 nitrogen and oxygen atoms in total. The summed E-state index contributed by atoms with van der Waals surface area (Å²) >= 11 is 7.65. The number of amides is 1. The van der Waals surface area contributed by atoms with Gasteiger partial charge < -0.3 is 20.6 Å². The minimum atomic E-state index is -3.56. The van der Waals surface area contributed by atoms with E-state index in [2.05, 4.69) is 5.32 Å². The number of benzene rings is 1. The van der Waals surface area contributed by atoms with E-state index in [1.165, 1.54) is 38.1 Å². The van der Waals surface area contributed by atoms with E-state index in [0.717, 1.165) is 19.1 Å². The molecule has 0 unspecified atom stereocenters. The number of hydrogen-bond donors (Lipinski definition) is 3. The molecule has 10 heteroatoms. The van der Waals surface area contributed by atoms with Gasteiger partial charge in [-0.15, -0.1) is 11.8 Å². The molecule has 154 valence electrons. The Morgan fingerprint density at radius 3 is 2.57 bits per heavy atom. The van der Waals surface area contributed by atoms with Gasteiger partial charge in [0.05, 0.1) is 22.2 Å². The van der Waals surface area contributed by atoms with Gasteiger partial charge in [0.1, 0.15) is 11.3 Å². The van der Waals surface area contributed by atoms with Crippen molar-refractivity contribution in [2.24, 2.45) is 5.92 Å². The molecule has 1 fully saturated rings. The Balaban J connectivity index is 2.64. The molecule has 0 bridgehead atoms. The van der Waals surface area contributed by atoms with Crippen LogP contribution < -0.4 is 5.32 Å². The molecule has 1 saturated carbocycles. The van der Waals surface area contributed by atoms with Crippen LogP contribution in [0.4, 0.5) is 0 Å². The van der Waals surface area contributed by atoms with Crippen LogP contribution in [-0.4, -0.2) is 57.9 Å². The van der Waals surface area contributed by atoms with Gasteiger partial charge in [0.2, 0.25) is 0 Å². The zero-order valence-corrected chi connectivity index (χ0v) is 18.2. The number of carbonyl (C=O) groups excluding carboxylic acids is 1. The summed E-state index contributed by atoms with van der Waals surface area (Å²) in [5.41, 5.74) is 0.0125. The fraction of sp³-hybridized carbons (Fsp3) is 0.444. The number of nitrogens with one attached hydrogen (secondary N) is 2. The summed E-state index contributed by atoms with van der Waals surface area (Å²) in [4.78, 5) is 12.6. The van der Waals surface area contributed by atoms with E-state index in [0.29, 0.717) is 12.4 Å². The number of thioether (sulfide) groups is 1. The monoisotopic (exact) mass is 446 g/mol. The predicted molar refractivity (Wildman–Crippen MR) is 111 cm³/mol. The summed E-state index contributed by atoms with van der Waals surface area (Å²) in [6.45, 7) is 0.381. The third kappa shape index (κ3) is 5.08. The van der Waals surface area contributed by atoms with Gasteiger partial charge in [-0.3, -0.25) is 4.79 Å². The summed E-state index contributed by atoms with van der Waals surface area (Å²) in [6, 6.07) is 2.71. The minimum Gasteiger partial charge on any atom is -0.506 e. The molecule has 0 saturated heterocycles. The van der Waals surface area contributed by atoms with Crippen LogP contribution in [0.25, 0.3) is 5.76 Å². The number of hydrogen-bond acceptors (Lipinski definition) is 7. The molecule has 1 aromatic rings. The molecule has 0 atom stereocenters. The van der Waals surface area contributed by atoms with Crippen LogP contribution in [-0.2, 0) is 19.4 Å². The lowest BCUT2D eigenvalue weighted by molar-refractivity contribution is -0.116. The number of carbonyl (C=O) groups is 1. The summed E-state index contributed by atoms with van der Waals surface area (Å²) in [5.74, 6) is -0.646. The second-order valence-corrected chi connectivity index (χ2v) is 9.83. The Morgan fingerprint density at radius 2 is 2.07 bits per heavy atom. The molecule has 0 aromatic heterocycles. The first-order chi connectivity index (χ1) is 13.1. The lowest BCUT2D eigenvalue weighted by Crippen LogP contribution is -2.26. The Labute approximate surface area is 173 Å². The number of rotatable bonds is 9. The van der Waals surface area contributed by atoms with Crippen molar-refractivity contribution < 1.29 is 23.1 Å². The molecule has 3 N–H and O–H groups in total.